The number of benzene rings is 1. The molecule has 0 fully saturated rings. The number of rotatable bonds is 3. The number of fused-ring (bicyclic) bond motifs is 1. The van der Waals surface area contributed by atoms with Crippen LogP contribution in [0.5, 0.6) is 0 Å². The SMILES string of the molecule is Cc1cc(Br)ccc1NCc1cc(=O)n2c(C)cccc2n1. The Balaban J connectivity index is 1.90. The van der Waals surface area contributed by atoms with Gasteiger partial charge in [-0.2, -0.15) is 0 Å². The van der Waals surface area contributed by atoms with Crippen molar-refractivity contribution >= 4 is 27.3 Å². The highest BCUT2D eigenvalue weighted by atomic mass is 79.9. The van der Waals surface area contributed by atoms with Crippen LogP contribution in [0.1, 0.15) is 17.0 Å². The first-order chi connectivity index (χ1) is 10.5. The predicted octanol–water partition coefficient (Wildman–Crippen LogP) is 3.69. The van der Waals surface area contributed by atoms with Gasteiger partial charge in [0.2, 0.25) is 0 Å². The highest BCUT2D eigenvalue weighted by molar-refractivity contribution is 9.10. The summed E-state index contributed by atoms with van der Waals surface area (Å²) in [6.07, 6.45) is 0. The summed E-state index contributed by atoms with van der Waals surface area (Å²) in [5.41, 5.74) is 4.43. The first kappa shape index (κ1) is 14.8. The molecule has 2 heterocycles. The Bertz CT molecular complexity index is 902. The Morgan fingerprint density at radius 3 is 2.77 bits per heavy atom. The van der Waals surface area contributed by atoms with Gasteiger partial charge in [-0.1, -0.05) is 22.0 Å². The Kier molecular flexibility index (Phi) is 3.98. The number of hydrogen-bond acceptors (Lipinski definition) is 3. The molecule has 3 aromatic rings. The summed E-state index contributed by atoms with van der Waals surface area (Å²) in [5, 5.41) is 3.33. The van der Waals surface area contributed by atoms with Crippen molar-refractivity contribution < 1.29 is 0 Å². The molecule has 3 rings (SSSR count). The molecule has 0 saturated carbocycles. The minimum absolute atomic E-state index is 0.0487. The lowest BCUT2D eigenvalue weighted by molar-refractivity contribution is 0.942. The van der Waals surface area contributed by atoms with Crippen molar-refractivity contribution in [2.75, 3.05) is 5.32 Å². The van der Waals surface area contributed by atoms with Gasteiger partial charge in [-0.05, 0) is 49.7 Å². The summed E-state index contributed by atoms with van der Waals surface area (Å²) in [6.45, 7) is 4.46. The minimum atomic E-state index is -0.0487. The van der Waals surface area contributed by atoms with Gasteiger partial charge < -0.3 is 5.32 Å². The normalized spacial score (nSPS) is 10.9. The molecule has 5 heteroatoms. The van der Waals surface area contributed by atoms with Gasteiger partial charge >= 0.3 is 0 Å². The average Bonchev–Trinajstić information content (AvgIpc) is 2.46. The third-order valence-electron chi connectivity index (χ3n) is 3.58. The molecule has 112 valence electrons. The van der Waals surface area contributed by atoms with Crippen LogP contribution in [0.2, 0.25) is 0 Å². The lowest BCUT2D eigenvalue weighted by atomic mass is 10.2. The molecule has 0 atom stereocenters. The number of nitrogens with one attached hydrogen (secondary N) is 1. The third-order valence-corrected chi connectivity index (χ3v) is 4.07. The summed E-state index contributed by atoms with van der Waals surface area (Å²) in [7, 11) is 0. The van der Waals surface area contributed by atoms with Crippen LogP contribution in [0.25, 0.3) is 5.65 Å². The Labute approximate surface area is 137 Å². The average molecular weight is 358 g/mol. The van der Waals surface area contributed by atoms with Crippen molar-refractivity contribution in [1.29, 1.82) is 0 Å². The van der Waals surface area contributed by atoms with E-state index < -0.39 is 0 Å². The fourth-order valence-corrected chi connectivity index (χ4v) is 2.94. The first-order valence-corrected chi connectivity index (χ1v) is 7.82. The predicted molar refractivity (Wildman–Crippen MR) is 92.4 cm³/mol. The van der Waals surface area contributed by atoms with Gasteiger partial charge in [-0.3, -0.25) is 9.20 Å². The molecule has 2 aromatic heterocycles. The number of aryl methyl sites for hydroxylation is 2. The third kappa shape index (κ3) is 2.90. The second-order valence-corrected chi connectivity index (χ2v) is 6.17. The maximum atomic E-state index is 12.2. The van der Waals surface area contributed by atoms with Crippen LogP contribution in [-0.2, 0) is 6.54 Å². The van der Waals surface area contributed by atoms with E-state index in [1.165, 1.54) is 0 Å². The van der Waals surface area contributed by atoms with E-state index in [9.17, 15) is 4.79 Å². The van der Waals surface area contributed by atoms with Gasteiger partial charge in [-0.25, -0.2) is 4.98 Å². The van der Waals surface area contributed by atoms with Crippen molar-refractivity contribution in [2.45, 2.75) is 20.4 Å². The monoisotopic (exact) mass is 357 g/mol. The van der Waals surface area contributed by atoms with Crippen LogP contribution in [0.4, 0.5) is 5.69 Å². The lowest BCUT2D eigenvalue weighted by Gasteiger charge is -2.10. The molecule has 4 nitrogen and oxygen atoms in total. The Morgan fingerprint density at radius 2 is 2.00 bits per heavy atom. The van der Waals surface area contributed by atoms with E-state index in [4.69, 9.17) is 0 Å². The summed E-state index contributed by atoms with van der Waals surface area (Å²) in [6, 6.07) is 13.3. The van der Waals surface area contributed by atoms with E-state index in [2.05, 4.69) is 26.2 Å². The number of pyridine rings is 1. The maximum Gasteiger partial charge on any atom is 0.258 e. The first-order valence-electron chi connectivity index (χ1n) is 7.03. The van der Waals surface area contributed by atoms with Gasteiger partial charge in [0.05, 0.1) is 12.2 Å². The molecule has 1 N–H and O–H groups in total. The lowest BCUT2D eigenvalue weighted by Crippen LogP contribution is -2.18. The van der Waals surface area contributed by atoms with E-state index in [0.29, 0.717) is 12.2 Å². The summed E-state index contributed by atoms with van der Waals surface area (Å²) in [5.74, 6) is 0. The summed E-state index contributed by atoms with van der Waals surface area (Å²) >= 11 is 3.45. The zero-order valence-corrected chi connectivity index (χ0v) is 14.0. The van der Waals surface area contributed by atoms with Gasteiger partial charge in [0.25, 0.3) is 5.56 Å². The Hall–Kier alpha value is -2.14. The number of aromatic nitrogens is 2. The second kappa shape index (κ2) is 5.93. The molecule has 0 bridgehead atoms. The van der Waals surface area contributed by atoms with Gasteiger partial charge in [0.1, 0.15) is 5.65 Å². The maximum absolute atomic E-state index is 12.2. The molecule has 0 saturated heterocycles. The smallest absolute Gasteiger partial charge is 0.258 e. The molecule has 0 amide bonds. The van der Waals surface area contributed by atoms with E-state index in [0.717, 1.165) is 27.1 Å². The minimum Gasteiger partial charge on any atom is -0.379 e. The van der Waals surface area contributed by atoms with Crippen molar-refractivity contribution in [1.82, 2.24) is 9.38 Å². The van der Waals surface area contributed by atoms with E-state index in [1.807, 2.05) is 50.2 Å². The van der Waals surface area contributed by atoms with Crippen molar-refractivity contribution in [2.24, 2.45) is 0 Å². The molecule has 0 aliphatic rings. The number of halogens is 1. The quantitative estimate of drug-likeness (QED) is 0.777. The van der Waals surface area contributed by atoms with Crippen LogP contribution in [0.15, 0.2) is 51.7 Å². The van der Waals surface area contributed by atoms with Crippen molar-refractivity contribution in [3.8, 4) is 0 Å². The highest BCUT2D eigenvalue weighted by Crippen LogP contribution is 2.20. The Morgan fingerprint density at radius 1 is 1.18 bits per heavy atom. The van der Waals surface area contributed by atoms with Crippen LogP contribution in [0, 0.1) is 13.8 Å². The number of anilines is 1. The number of hydrogen-bond donors (Lipinski definition) is 1. The van der Waals surface area contributed by atoms with E-state index in [1.54, 1.807) is 10.5 Å². The standard InChI is InChI=1S/C17H16BrN3O/c1-11-8-13(18)6-7-15(11)19-10-14-9-17(22)21-12(2)4-3-5-16(21)20-14/h3-9,19H,10H2,1-2H3. The molecule has 0 spiro atoms. The van der Waals surface area contributed by atoms with Crippen LogP contribution in [0.3, 0.4) is 0 Å². The molecule has 22 heavy (non-hydrogen) atoms. The topological polar surface area (TPSA) is 46.4 Å². The number of nitrogens with zero attached hydrogens (tertiary/aromatic N) is 2. The molecule has 0 radical (unpaired) electrons. The zero-order valence-electron chi connectivity index (χ0n) is 12.4. The molecular formula is C17H16BrN3O. The summed E-state index contributed by atoms with van der Waals surface area (Å²) in [4.78, 5) is 16.8. The molecular weight excluding hydrogens is 342 g/mol. The van der Waals surface area contributed by atoms with Crippen LogP contribution >= 0.6 is 15.9 Å². The summed E-state index contributed by atoms with van der Waals surface area (Å²) < 4.78 is 2.67. The fourth-order valence-electron chi connectivity index (χ4n) is 2.47. The molecule has 0 aliphatic heterocycles. The van der Waals surface area contributed by atoms with Gasteiger partial charge in [-0.15, -0.1) is 0 Å². The van der Waals surface area contributed by atoms with Gasteiger partial charge in [0, 0.05) is 21.9 Å². The van der Waals surface area contributed by atoms with E-state index in [-0.39, 0.29) is 5.56 Å². The van der Waals surface area contributed by atoms with Crippen molar-refractivity contribution in [3.05, 3.63) is 74.2 Å². The largest absolute Gasteiger partial charge is 0.379 e. The van der Waals surface area contributed by atoms with Crippen LogP contribution < -0.4 is 10.9 Å². The second-order valence-electron chi connectivity index (χ2n) is 5.26. The molecule has 0 aliphatic carbocycles. The fraction of sp³-hybridized carbons (Fsp3) is 0.176. The molecule has 0 unspecified atom stereocenters. The van der Waals surface area contributed by atoms with Crippen LogP contribution in [-0.4, -0.2) is 9.38 Å². The molecule has 1 aromatic carbocycles. The highest BCUT2D eigenvalue weighted by Gasteiger charge is 2.05. The van der Waals surface area contributed by atoms with E-state index >= 15 is 0 Å². The van der Waals surface area contributed by atoms with Crippen molar-refractivity contribution in [3.63, 3.8) is 0 Å². The zero-order chi connectivity index (χ0) is 15.7. The van der Waals surface area contributed by atoms with Gasteiger partial charge in [0.15, 0.2) is 0 Å².